The van der Waals surface area contributed by atoms with Gasteiger partial charge in [0, 0.05) is 14.7 Å². The summed E-state index contributed by atoms with van der Waals surface area (Å²) in [6.07, 6.45) is 1.90. The molecule has 0 aliphatic carbocycles. The van der Waals surface area contributed by atoms with Gasteiger partial charge in [0.1, 0.15) is 12.8 Å². The van der Waals surface area contributed by atoms with Crippen molar-refractivity contribution in [1.29, 1.82) is 0 Å². The molecule has 1 atom stereocenters. The van der Waals surface area contributed by atoms with E-state index in [1.807, 2.05) is 60.7 Å². The number of carbonyl (C=O) groups excluding carboxylic acids is 2. The van der Waals surface area contributed by atoms with Crippen LogP contribution in [0.1, 0.15) is 11.1 Å². The van der Waals surface area contributed by atoms with Crippen molar-refractivity contribution in [2.24, 2.45) is 4.99 Å². The maximum atomic E-state index is 13.1. The lowest BCUT2D eigenvalue weighted by Gasteiger charge is -2.33. The molecule has 2 amide bonds. The zero-order valence-electron chi connectivity index (χ0n) is 20.9. The summed E-state index contributed by atoms with van der Waals surface area (Å²) in [5, 5.41) is 1.47. The fourth-order valence-corrected chi connectivity index (χ4v) is 4.60. The van der Waals surface area contributed by atoms with Crippen molar-refractivity contribution < 1.29 is 19.1 Å². The van der Waals surface area contributed by atoms with Gasteiger partial charge in [-0.25, -0.2) is 10.2 Å². The molecule has 36 heavy (non-hydrogen) atoms. The molecule has 0 bridgehead atoms. The molecule has 2 aromatic carbocycles. The Morgan fingerprint density at radius 3 is 2.64 bits per heavy atom. The number of benzene rings is 2. The van der Waals surface area contributed by atoms with Gasteiger partial charge in [-0.1, -0.05) is 68.2 Å². The number of nitrogens with one attached hydrogen (secondary N) is 2. The number of para-hydroxylation sites is 1. The maximum Gasteiger partial charge on any atom is 0.423 e. The van der Waals surface area contributed by atoms with Crippen LogP contribution >= 0.6 is 0 Å². The zero-order chi connectivity index (χ0) is 25.5. The first-order valence-corrected chi connectivity index (χ1v) is 15.7. The van der Waals surface area contributed by atoms with E-state index in [2.05, 4.69) is 35.5 Å². The Bertz CT molecular complexity index is 1130. The van der Waals surface area contributed by atoms with Gasteiger partial charge in [0.2, 0.25) is 0 Å². The third kappa shape index (κ3) is 6.81. The van der Waals surface area contributed by atoms with Crippen LogP contribution in [-0.4, -0.2) is 50.8 Å². The Hall–Kier alpha value is -3.47. The maximum absolute atomic E-state index is 13.1. The normalized spacial score (nSPS) is 17.8. The van der Waals surface area contributed by atoms with E-state index in [-0.39, 0.29) is 12.5 Å². The lowest BCUT2D eigenvalue weighted by molar-refractivity contribution is -0.113. The molecule has 10 heteroatoms. The lowest BCUT2D eigenvalue weighted by Crippen LogP contribution is -2.59. The predicted octanol–water partition coefficient (Wildman–Crippen LogP) is 3.83. The number of carbonyl (C=O) groups is 2. The van der Waals surface area contributed by atoms with Crippen LogP contribution in [0.2, 0.25) is 25.7 Å². The Balaban J connectivity index is 1.50. The molecule has 9 nitrogen and oxygen atoms in total. The molecule has 2 heterocycles. The summed E-state index contributed by atoms with van der Waals surface area (Å²) in [5.74, 6) is -0.284. The van der Waals surface area contributed by atoms with E-state index >= 15 is 0 Å². The highest BCUT2D eigenvalue weighted by Gasteiger charge is 2.36. The van der Waals surface area contributed by atoms with E-state index in [4.69, 9.17) is 9.47 Å². The third-order valence-corrected chi connectivity index (χ3v) is 7.48. The summed E-state index contributed by atoms with van der Waals surface area (Å²) < 4.78 is 11.3. The van der Waals surface area contributed by atoms with Crippen LogP contribution in [0.5, 0.6) is 0 Å². The summed E-state index contributed by atoms with van der Waals surface area (Å²) >= 11 is 0. The smallest absolute Gasteiger partial charge is 0.423 e. The summed E-state index contributed by atoms with van der Waals surface area (Å²) in [6, 6.07) is 18.1. The molecule has 2 N–H and O–H groups in total. The topological polar surface area (TPSA) is 95.5 Å². The molecule has 2 aliphatic heterocycles. The second-order valence-electron chi connectivity index (χ2n) is 9.93. The number of ether oxygens (including phenoxy) is 2. The van der Waals surface area contributed by atoms with Crippen LogP contribution in [0.15, 0.2) is 71.4 Å². The lowest BCUT2D eigenvalue weighted by atomic mass is 10.1. The number of hydrogen-bond acceptors (Lipinski definition) is 7. The first kappa shape index (κ1) is 25.6. The van der Waals surface area contributed by atoms with Crippen LogP contribution in [0.25, 0.3) is 0 Å². The highest BCUT2D eigenvalue weighted by Crippen LogP contribution is 2.28. The van der Waals surface area contributed by atoms with Crippen molar-refractivity contribution in [1.82, 2.24) is 16.0 Å². The standard InChI is InChI=1S/C26H33N5O4Si/c1-36(2,3)14-13-34-19-22-15-24(30-23-12-8-7-11-21(23)16-27-17-25(30)32)31(28-22)29-26(33)35-18-20-9-5-4-6-10-20/h4-12,15,17,24,28H,13-14,16,18-19H2,1-3H3,(H,29,33). The first-order valence-electron chi connectivity index (χ1n) is 12.0. The summed E-state index contributed by atoms with van der Waals surface area (Å²) in [7, 11) is -1.22. The number of hydrazine groups is 2. The van der Waals surface area contributed by atoms with Gasteiger partial charge in [-0.3, -0.25) is 14.7 Å². The van der Waals surface area contributed by atoms with Crippen LogP contribution in [0.3, 0.4) is 0 Å². The molecule has 190 valence electrons. The van der Waals surface area contributed by atoms with Crippen LogP contribution in [-0.2, 0) is 27.4 Å². The molecule has 2 aliphatic rings. The van der Waals surface area contributed by atoms with Crippen molar-refractivity contribution in [2.45, 2.75) is 45.0 Å². The second kappa shape index (κ2) is 11.5. The van der Waals surface area contributed by atoms with Gasteiger partial charge < -0.3 is 14.9 Å². The fourth-order valence-electron chi connectivity index (χ4n) is 3.85. The van der Waals surface area contributed by atoms with E-state index < -0.39 is 20.3 Å². The van der Waals surface area contributed by atoms with Gasteiger partial charge in [0.05, 0.1) is 30.8 Å². The molecular weight excluding hydrogens is 474 g/mol. The van der Waals surface area contributed by atoms with Crippen LogP contribution < -0.4 is 15.8 Å². The molecular formula is C26H33N5O4Si. The average Bonchev–Trinajstić information content (AvgIpc) is 3.15. The summed E-state index contributed by atoms with van der Waals surface area (Å²) in [4.78, 5) is 31.6. The Kier molecular flexibility index (Phi) is 8.19. The Morgan fingerprint density at radius 2 is 1.86 bits per heavy atom. The minimum absolute atomic E-state index is 0.128. The number of rotatable bonds is 9. The van der Waals surface area contributed by atoms with E-state index in [0.717, 1.165) is 28.6 Å². The van der Waals surface area contributed by atoms with Gasteiger partial charge in [-0.2, -0.15) is 0 Å². The van der Waals surface area contributed by atoms with Crippen molar-refractivity contribution in [2.75, 3.05) is 18.1 Å². The predicted molar refractivity (Wildman–Crippen MR) is 142 cm³/mol. The molecule has 4 rings (SSSR count). The molecule has 0 radical (unpaired) electrons. The minimum atomic E-state index is -1.22. The fraction of sp³-hybridized carbons (Fsp3) is 0.346. The first-order chi connectivity index (χ1) is 17.3. The zero-order valence-corrected chi connectivity index (χ0v) is 21.9. The monoisotopic (exact) mass is 507 g/mol. The molecule has 0 saturated heterocycles. The summed E-state index contributed by atoms with van der Waals surface area (Å²) in [5.41, 5.74) is 9.17. The van der Waals surface area contributed by atoms with Crippen molar-refractivity contribution in [3.8, 4) is 0 Å². The van der Waals surface area contributed by atoms with Gasteiger partial charge in [-0.05, 0) is 29.3 Å². The minimum Gasteiger partial charge on any atom is -0.444 e. The SMILES string of the molecule is C[Si](C)(C)CCOCC1=CC(N2C(=O)C=NCc3ccccc32)N(NC(=O)OCc2ccccc2)N1. The molecule has 0 fully saturated rings. The highest BCUT2D eigenvalue weighted by atomic mass is 28.3. The van der Waals surface area contributed by atoms with Crippen LogP contribution in [0.4, 0.5) is 10.5 Å². The second-order valence-corrected chi connectivity index (χ2v) is 15.6. The number of amides is 2. The molecule has 0 saturated carbocycles. The van der Waals surface area contributed by atoms with Crippen LogP contribution in [0, 0.1) is 0 Å². The number of nitrogens with zero attached hydrogens (tertiary/aromatic N) is 3. The summed E-state index contributed by atoms with van der Waals surface area (Å²) in [6.45, 7) is 8.42. The average molecular weight is 508 g/mol. The van der Waals surface area contributed by atoms with Gasteiger partial charge in [-0.15, -0.1) is 5.12 Å². The van der Waals surface area contributed by atoms with Crippen molar-refractivity contribution >= 4 is 32.0 Å². The van der Waals surface area contributed by atoms with Crippen molar-refractivity contribution in [3.63, 3.8) is 0 Å². The van der Waals surface area contributed by atoms with E-state index in [1.54, 1.807) is 4.90 Å². The third-order valence-electron chi connectivity index (χ3n) is 5.77. The van der Waals surface area contributed by atoms with Gasteiger partial charge in [0.25, 0.3) is 5.91 Å². The van der Waals surface area contributed by atoms with Crippen molar-refractivity contribution in [3.05, 3.63) is 77.5 Å². The number of anilines is 1. The number of fused-ring (bicyclic) bond motifs is 1. The highest BCUT2D eigenvalue weighted by molar-refractivity contribution is 6.76. The van der Waals surface area contributed by atoms with E-state index in [1.165, 1.54) is 11.3 Å². The Labute approximate surface area is 212 Å². The van der Waals surface area contributed by atoms with Gasteiger partial charge >= 0.3 is 6.09 Å². The number of hydrogen-bond donors (Lipinski definition) is 2. The van der Waals surface area contributed by atoms with E-state index in [0.29, 0.717) is 19.8 Å². The van der Waals surface area contributed by atoms with E-state index in [9.17, 15) is 9.59 Å². The molecule has 2 aromatic rings. The van der Waals surface area contributed by atoms with Gasteiger partial charge in [0.15, 0.2) is 0 Å². The Morgan fingerprint density at radius 1 is 1.11 bits per heavy atom. The molecule has 0 aromatic heterocycles. The number of aliphatic imine (C=N–C) groups is 1. The quantitative estimate of drug-likeness (QED) is 0.396. The molecule has 1 unspecified atom stereocenters. The molecule has 0 spiro atoms. The largest absolute Gasteiger partial charge is 0.444 e.